The Hall–Kier alpha value is -9.75. The zero-order valence-electron chi connectivity index (χ0n) is 41.7. The van der Waals surface area contributed by atoms with E-state index in [-0.39, 0.29) is 0 Å². The molecule has 7 aromatic heterocycles. The van der Waals surface area contributed by atoms with Gasteiger partial charge in [-0.2, -0.15) is 5.26 Å². The molecule has 0 spiro atoms. The third-order valence-corrected chi connectivity index (χ3v) is 19.8. The minimum Gasteiger partial charge on any atom is -0.439 e. The lowest BCUT2D eigenvalue weighted by atomic mass is 9.83. The molecule has 0 aliphatic rings. The predicted octanol–water partition coefficient (Wildman–Crippen LogP) is 21.3. The van der Waals surface area contributed by atoms with E-state index in [1.165, 1.54) is 44.4 Å². The van der Waals surface area contributed by atoms with Gasteiger partial charge in [-0.25, -0.2) is 0 Å². The zero-order chi connectivity index (χ0) is 51.6. The summed E-state index contributed by atoms with van der Waals surface area (Å²) in [7, 11) is 0. The summed E-state index contributed by atoms with van der Waals surface area (Å²) in [6, 6.07) is 83.7. The highest BCUT2D eigenvalue weighted by molar-refractivity contribution is 7.26. The molecule has 18 aromatic rings. The molecule has 8 heteroatoms. The van der Waals surface area contributed by atoms with Crippen LogP contribution >= 0.6 is 34.0 Å². The highest BCUT2D eigenvalue weighted by Gasteiger charge is 2.35. The molecule has 5 nitrogen and oxygen atoms in total. The quantitative estimate of drug-likeness (QED) is 0.173. The van der Waals surface area contributed by atoms with Crippen molar-refractivity contribution in [3.8, 4) is 50.8 Å². The number of hydrogen-bond acceptors (Lipinski definition) is 6. The highest BCUT2D eigenvalue weighted by Crippen LogP contribution is 2.55. The van der Waals surface area contributed by atoms with E-state index in [1.54, 1.807) is 22.7 Å². The molecule has 0 unspecified atom stereocenters. The fourth-order valence-electron chi connectivity index (χ4n) is 13.1. The third kappa shape index (κ3) is 5.96. The minimum atomic E-state index is 0.540. The summed E-state index contributed by atoms with van der Waals surface area (Å²) in [5.41, 5.74) is 12.5. The number of fused-ring (bicyclic) bond motifs is 19. The first kappa shape index (κ1) is 43.4. The van der Waals surface area contributed by atoms with Crippen molar-refractivity contribution in [2.24, 2.45) is 0 Å². The fraction of sp³-hybridized carbons (Fsp3) is 0. The number of thiophene rings is 3. The van der Waals surface area contributed by atoms with Gasteiger partial charge in [0.25, 0.3) is 0 Å². The minimum absolute atomic E-state index is 0.540. The van der Waals surface area contributed by atoms with Crippen molar-refractivity contribution in [2.75, 3.05) is 0 Å². The lowest BCUT2D eigenvalue weighted by molar-refractivity contribution is 0.644. The summed E-state index contributed by atoms with van der Waals surface area (Å²) in [4.78, 5) is 0. The van der Waals surface area contributed by atoms with Gasteiger partial charge in [-0.1, -0.05) is 146 Å². The van der Waals surface area contributed by atoms with Gasteiger partial charge in [0.2, 0.25) is 11.4 Å². The summed E-state index contributed by atoms with van der Waals surface area (Å²) in [5.74, 6) is 0. The Morgan fingerprint density at radius 1 is 0.316 bits per heavy atom. The van der Waals surface area contributed by atoms with Gasteiger partial charge in [0.1, 0.15) is 17.2 Å². The summed E-state index contributed by atoms with van der Waals surface area (Å²) in [5, 5.41) is 26.0. The van der Waals surface area contributed by atoms with E-state index in [1.807, 2.05) is 23.5 Å². The zero-order valence-corrected chi connectivity index (χ0v) is 44.2. The van der Waals surface area contributed by atoms with Crippen LogP contribution in [-0.4, -0.2) is 9.13 Å². The second-order valence-electron chi connectivity index (χ2n) is 20.5. The van der Waals surface area contributed by atoms with Gasteiger partial charge in [0, 0.05) is 98.8 Å². The fourth-order valence-corrected chi connectivity index (χ4v) is 16.3. The molecule has 0 radical (unpaired) electrons. The number of hydrogen-bond donors (Lipinski definition) is 0. The molecule has 0 aliphatic heterocycles. The maximum absolute atomic E-state index is 12.7. The number of nitrogens with zero attached hydrogens (tertiary/aromatic N) is 3. The molecule has 366 valence electrons. The molecule has 7 heterocycles. The molecule has 18 rings (SSSR count). The van der Waals surface area contributed by atoms with Gasteiger partial charge in [-0.3, -0.25) is 9.13 Å². The average molecular weight is 1060 g/mol. The molecule has 0 bridgehead atoms. The van der Waals surface area contributed by atoms with Crippen LogP contribution in [0.5, 0.6) is 0 Å². The monoisotopic (exact) mass is 1060 g/mol. The van der Waals surface area contributed by atoms with E-state index in [4.69, 9.17) is 8.83 Å². The van der Waals surface area contributed by atoms with Crippen molar-refractivity contribution < 1.29 is 8.83 Å². The lowest BCUT2D eigenvalue weighted by Crippen LogP contribution is -2.10. The van der Waals surface area contributed by atoms with Crippen LogP contribution in [0.2, 0.25) is 0 Å². The van der Waals surface area contributed by atoms with E-state index < -0.39 is 0 Å². The molecule has 0 fully saturated rings. The van der Waals surface area contributed by atoms with Crippen LogP contribution in [0.1, 0.15) is 5.56 Å². The van der Waals surface area contributed by atoms with Crippen LogP contribution in [0.3, 0.4) is 0 Å². The molecule has 11 aromatic carbocycles. The second-order valence-corrected chi connectivity index (χ2v) is 23.7. The van der Waals surface area contributed by atoms with Gasteiger partial charge >= 0.3 is 0 Å². The van der Waals surface area contributed by atoms with Gasteiger partial charge in [-0.05, 0) is 95.6 Å². The molecule has 0 saturated heterocycles. The Kier molecular flexibility index (Phi) is 8.86. The molecular weight excluding hydrogens is 1020 g/mol. The van der Waals surface area contributed by atoms with Crippen LogP contribution < -0.4 is 0 Å². The first-order valence-electron chi connectivity index (χ1n) is 26.4. The molecule has 0 amide bonds. The number of aromatic nitrogens is 2. The first-order valence-corrected chi connectivity index (χ1v) is 28.8. The number of nitriles is 1. The van der Waals surface area contributed by atoms with E-state index in [2.05, 4.69) is 228 Å². The summed E-state index contributed by atoms with van der Waals surface area (Å²) >= 11 is 5.41. The van der Waals surface area contributed by atoms with Crippen LogP contribution in [-0.2, 0) is 0 Å². The maximum atomic E-state index is 12.7. The van der Waals surface area contributed by atoms with Crippen molar-refractivity contribution in [2.45, 2.75) is 0 Å². The SMILES string of the molecule is N#Cc1c(-c2ccc3sc4ccccc4c3c2)c(-n2c3ccccc3c3c4ccccc4oc32)c(-c2ccc3sc4ccccc4c3c2)c(-n2c3ccccc3c3c4ccccc4oc32)c1-c1ccc2sc3ccccc3c2c1. The summed E-state index contributed by atoms with van der Waals surface area (Å²) < 4.78 is 26.5. The topological polar surface area (TPSA) is 59.9 Å². The number of furan rings is 2. The lowest BCUT2D eigenvalue weighted by Gasteiger charge is -2.27. The highest BCUT2D eigenvalue weighted by atomic mass is 32.1. The van der Waals surface area contributed by atoms with Gasteiger partial charge in [0.05, 0.1) is 38.7 Å². The molecular formula is C71H37N3O2S3. The average Bonchev–Trinajstić information content (AvgIpc) is 4.33. The first-order chi connectivity index (χ1) is 39.1. The van der Waals surface area contributed by atoms with Crippen LogP contribution in [0.15, 0.2) is 233 Å². The maximum Gasteiger partial charge on any atom is 0.213 e. The second kappa shape index (κ2) is 16.1. The van der Waals surface area contributed by atoms with Crippen molar-refractivity contribution in [3.05, 3.63) is 230 Å². The Morgan fingerprint density at radius 3 is 1.05 bits per heavy atom. The third-order valence-electron chi connectivity index (χ3n) is 16.4. The predicted molar refractivity (Wildman–Crippen MR) is 334 cm³/mol. The standard InChI is InChI=1S/C71H37N3O2S3/c72-38-52-63(39-29-32-60-49(35-39)42-15-5-12-26-57(42)77-60)68(73-53-22-8-1-18-45(53)66-47-20-3-10-24-55(47)75-70(66)73)65(41-31-34-62-51(37-41)44-17-7-14-28-59(44)79-62)69(64(52)40-30-33-61-50(36-40)43-16-6-13-27-58(43)78-61)74-54-23-9-2-19-46(54)67-48-21-4-11-25-56(48)76-71(67)74/h1-37H. The van der Waals surface area contributed by atoms with Gasteiger partial charge < -0.3 is 8.83 Å². The van der Waals surface area contributed by atoms with E-state index in [0.29, 0.717) is 17.0 Å². The normalized spacial score (nSPS) is 12.3. The van der Waals surface area contributed by atoms with Crippen molar-refractivity contribution in [1.82, 2.24) is 9.13 Å². The van der Waals surface area contributed by atoms with Crippen LogP contribution in [0, 0.1) is 11.3 Å². The Morgan fingerprint density at radius 2 is 0.646 bits per heavy atom. The molecule has 79 heavy (non-hydrogen) atoms. The van der Waals surface area contributed by atoms with Gasteiger partial charge in [-0.15, -0.1) is 34.0 Å². The van der Waals surface area contributed by atoms with Gasteiger partial charge in [0.15, 0.2) is 0 Å². The van der Waals surface area contributed by atoms with Crippen molar-refractivity contribution in [1.29, 1.82) is 5.26 Å². The molecule has 0 N–H and O–H groups in total. The molecule has 0 saturated carbocycles. The number of rotatable bonds is 5. The van der Waals surface area contributed by atoms with Crippen LogP contribution in [0.4, 0.5) is 0 Å². The van der Waals surface area contributed by atoms with Crippen molar-refractivity contribution in [3.63, 3.8) is 0 Å². The van der Waals surface area contributed by atoms with E-state index >= 15 is 0 Å². The number of benzene rings is 11. The summed E-state index contributed by atoms with van der Waals surface area (Å²) in [6.45, 7) is 0. The molecule has 0 aliphatic carbocycles. The van der Waals surface area contributed by atoms with Crippen LogP contribution in [0.25, 0.3) is 171 Å². The van der Waals surface area contributed by atoms with E-state index in [0.717, 1.165) is 115 Å². The number of para-hydroxylation sites is 4. The van der Waals surface area contributed by atoms with E-state index in [9.17, 15) is 5.26 Å². The largest absolute Gasteiger partial charge is 0.439 e. The van der Waals surface area contributed by atoms with Crippen molar-refractivity contribution >= 4 is 160 Å². The molecule has 0 atom stereocenters. The Bertz CT molecular complexity index is 5440. The Labute approximate surface area is 461 Å². The smallest absolute Gasteiger partial charge is 0.213 e. The summed E-state index contributed by atoms with van der Waals surface area (Å²) in [6.07, 6.45) is 0. The Balaban J connectivity index is 1.14.